The molecule has 0 bridgehead atoms. The van der Waals surface area contributed by atoms with Crippen molar-refractivity contribution in [1.29, 1.82) is 0 Å². The van der Waals surface area contributed by atoms with Gasteiger partial charge in [0, 0.05) is 17.7 Å². The molecule has 0 saturated heterocycles. The van der Waals surface area contributed by atoms with Gasteiger partial charge in [0.1, 0.15) is 18.4 Å². The minimum atomic E-state index is -0.650. The van der Waals surface area contributed by atoms with Gasteiger partial charge in [-0.3, -0.25) is 4.79 Å². The Morgan fingerprint density at radius 2 is 2.05 bits per heavy atom. The number of nitrogens with two attached hydrogens (primary N) is 1. The third-order valence-electron chi connectivity index (χ3n) is 2.81. The fourth-order valence-corrected chi connectivity index (χ4v) is 2.42. The molecule has 1 aromatic heterocycles. The molecule has 0 radical (unpaired) electrons. The maximum absolute atomic E-state index is 12.0. The van der Waals surface area contributed by atoms with Crippen LogP contribution in [0.15, 0.2) is 41.8 Å². The summed E-state index contributed by atoms with van der Waals surface area (Å²) in [5.74, 6) is 0.498. The number of anilines is 1. The summed E-state index contributed by atoms with van der Waals surface area (Å²) in [6.07, 6.45) is 0. The van der Waals surface area contributed by atoms with Gasteiger partial charge in [-0.2, -0.15) is 0 Å². The Morgan fingerprint density at radius 3 is 2.67 bits per heavy atom. The number of thiophene rings is 1. The maximum atomic E-state index is 12.0. The lowest BCUT2D eigenvalue weighted by Gasteiger charge is -2.11. The SMILES string of the molecule is COCCOc1ccc(NC(=O)C(N)c2cccs2)cc1. The van der Waals surface area contributed by atoms with E-state index in [-0.39, 0.29) is 5.91 Å². The van der Waals surface area contributed by atoms with Gasteiger partial charge in [-0.1, -0.05) is 6.07 Å². The molecule has 0 aliphatic rings. The number of ether oxygens (including phenoxy) is 2. The summed E-state index contributed by atoms with van der Waals surface area (Å²) in [7, 11) is 1.62. The molecule has 0 aliphatic carbocycles. The molecule has 1 heterocycles. The average Bonchev–Trinajstić information content (AvgIpc) is 3.02. The van der Waals surface area contributed by atoms with Crippen molar-refractivity contribution in [1.82, 2.24) is 0 Å². The minimum Gasteiger partial charge on any atom is -0.491 e. The van der Waals surface area contributed by atoms with Crippen molar-refractivity contribution >= 4 is 22.9 Å². The highest BCUT2D eigenvalue weighted by molar-refractivity contribution is 7.10. The molecular formula is C15H18N2O3S. The Balaban J connectivity index is 1.89. The van der Waals surface area contributed by atoms with Crippen molar-refractivity contribution in [3.8, 4) is 5.75 Å². The quantitative estimate of drug-likeness (QED) is 0.770. The zero-order valence-electron chi connectivity index (χ0n) is 11.7. The second-order valence-electron chi connectivity index (χ2n) is 4.35. The van der Waals surface area contributed by atoms with E-state index in [1.54, 1.807) is 31.4 Å². The molecule has 2 rings (SSSR count). The lowest BCUT2D eigenvalue weighted by atomic mass is 10.2. The highest BCUT2D eigenvalue weighted by Gasteiger charge is 2.16. The van der Waals surface area contributed by atoms with Gasteiger partial charge in [0.2, 0.25) is 5.91 Å². The van der Waals surface area contributed by atoms with E-state index in [0.29, 0.717) is 18.9 Å². The lowest BCUT2D eigenvalue weighted by molar-refractivity contribution is -0.117. The van der Waals surface area contributed by atoms with E-state index in [2.05, 4.69) is 5.32 Å². The average molecular weight is 306 g/mol. The summed E-state index contributed by atoms with van der Waals surface area (Å²) >= 11 is 1.47. The summed E-state index contributed by atoms with van der Waals surface area (Å²) in [6.45, 7) is 1.03. The second-order valence-corrected chi connectivity index (χ2v) is 5.33. The van der Waals surface area contributed by atoms with Gasteiger partial charge in [0.25, 0.3) is 0 Å². The number of methoxy groups -OCH3 is 1. The Morgan fingerprint density at radius 1 is 1.29 bits per heavy atom. The van der Waals surface area contributed by atoms with E-state index in [1.807, 2.05) is 17.5 Å². The zero-order valence-corrected chi connectivity index (χ0v) is 12.6. The number of nitrogens with one attached hydrogen (secondary N) is 1. The maximum Gasteiger partial charge on any atom is 0.246 e. The van der Waals surface area contributed by atoms with E-state index in [4.69, 9.17) is 15.2 Å². The number of benzene rings is 1. The molecule has 5 nitrogen and oxygen atoms in total. The molecule has 0 saturated carbocycles. The molecular weight excluding hydrogens is 288 g/mol. The lowest BCUT2D eigenvalue weighted by Crippen LogP contribution is -2.26. The number of hydrogen-bond acceptors (Lipinski definition) is 5. The molecule has 1 aromatic carbocycles. The van der Waals surface area contributed by atoms with Gasteiger partial charge in [-0.15, -0.1) is 11.3 Å². The van der Waals surface area contributed by atoms with E-state index in [0.717, 1.165) is 10.6 Å². The Bertz CT molecular complexity index is 555. The fraction of sp³-hybridized carbons (Fsp3) is 0.267. The summed E-state index contributed by atoms with van der Waals surface area (Å²) in [4.78, 5) is 12.9. The molecule has 0 fully saturated rings. The van der Waals surface area contributed by atoms with E-state index >= 15 is 0 Å². The van der Waals surface area contributed by atoms with Crippen LogP contribution in [-0.2, 0) is 9.53 Å². The van der Waals surface area contributed by atoms with E-state index in [1.165, 1.54) is 11.3 Å². The first-order valence-electron chi connectivity index (χ1n) is 6.52. The van der Waals surface area contributed by atoms with Gasteiger partial charge < -0.3 is 20.5 Å². The van der Waals surface area contributed by atoms with Crippen LogP contribution >= 0.6 is 11.3 Å². The van der Waals surface area contributed by atoms with Gasteiger partial charge in [0.15, 0.2) is 0 Å². The first kappa shape index (κ1) is 15.5. The Labute approximate surface area is 127 Å². The van der Waals surface area contributed by atoms with Gasteiger partial charge in [-0.25, -0.2) is 0 Å². The van der Waals surface area contributed by atoms with Crippen LogP contribution in [0.4, 0.5) is 5.69 Å². The molecule has 0 aliphatic heterocycles. The number of carbonyl (C=O) groups is 1. The predicted molar refractivity (Wildman–Crippen MR) is 83.7 cm³/mol. The van der Waals surface area contributed by atoms with Crippen molar-refractivity contribution in [3.63, 3.8) is 0 Å². The van der Waals surface area contributed by atoms with Crippen LogP contribution in [0.1, 0.15) is 10.9 Å². The standard InChI is InChI=1S/C15H18N2O3S/c1-19-8-9-20-12-6-4-11(5-7-12)17-15(18)14(16)13-3-2-10-21-13/h2-7,10,14H,8-9,16H2,1H3,(H,17,18). The molecule has 1 unspecified atom stereocenters. The monoisotopic (exact) mass is 306 g/mol. The van der Waals surface area contributed by atoms with Gasteiger partial charge in [0.05, 0.1) is 6.61 Å². The van der Waals surface area contributed by atoms with Crippen LogP contribution < -0.4 is 15.8 Å². The molecule has 6 heteroatoms. The van der Waals surface area contributed by atoms with Crippen LogP contribution in [-0.4, -0.2) is 26.2 Å². The predicted octanol–water partition coefficient (Wildman–Crippen LogP) is 2.41. The van der Waals surface area contributed by atoms with Crippen molar-refractivity contribution in [2.45, 2.75) is 6.04 Å². The topological polar surface area (TPSA) is 73.6 Å². The first-order valence-corrected chi connectivity index (χ1v) is 7.40. The number of carbonyl (C=O) groups excluding carboxylic acids is 1. The van der Waals surface area contributed by atoms with Crippen molar-refractivity contribution in [3.05, 3.63) is 46.7 Å². The highest BCUT2D eigenvalue weighted by atomic mass is 32.1. The molecule has 3 N–H and O–H groups in total. The largest absolute Gasteiger partial charge is 0.491 e. The van der Waals surface area contributed by atoms with Crippen LogP contribution in [0.2, 0.25) is 0 Å². The van der Waals surface area contributed by atoms with Crippen LogP contribution in [0.5, 0.6) is 5.75 Å². The fourth-order valence-electron chi connectivity index (χ4n) is 1.69. The first-order chi connectivity index (χ1) is 10.2. The summed E-state index contributed by atoms with van der Waals surface area (Å²) in [5.41, 5.74) is 6.59. The van der Waals surface area contributed by atoms with E-state index in [9.17, 15) is 4.79 Å². The van der Waals surface area contributed by atoms with Crippen molar-refractivity contribution in [2.24, 2.45) is 5.73 Å². The van der Waals surface area contributed by atoms with Crippen molar-refractivity contribution in [2.75, 3.05) is 25.6 Å². The molecule has 1 amide bonds. The Kier molecular flexibility index (Phi) is 5.74. The number of amides is 1. The molecule has 21 heavy (non-hydrogen) atoms. The molecule has 2 aromatic rings. The zero-order chi connectivity index (χ0) is 15.1. The Hall–Kier alpha value is -1.89. The third kappa shape index (κ3) is 4.56. The van der Waals surface area contributed by atoms with Crippen LogP contribution in [0, 0.1) is 0 Å². The number of hydrogen-bond donors (Lipinski definition) is 2. The normalized spacial score (nSPS) is 11.9. The minimum absolute atomic E-state index is 0.231. The summed E-state index contributed by atoms with van der Waals surface area (Å²) in [5, 5.41) is 4.68. The molecule has 0 spiro atoms. The van der Waals surface area contributed by atoms with Gasteiger partial charge >= 0.3 is 0 Å². The molecule has 112 valence electrons. The van der Waals surface area contributed by atoms with Crippen LogP contribution in [0.25, 0.3) is 0 Å². The number of rotatable bonds is 7. The summed E-state index contributed by atoms with van der Waals surface area (Å²) < 4.78 is 10.4. The third-order valence-corrected chi connectivity index (χ3v) is 3.77. The summed E-state index contributed by atoms with van der Waals surface area (Å²) in [6, 6.07) is 10.2. The smallest absolute Gasteiger partial charge is 0.246 e. The molecule has 1 atom stereocenters. The second kappa shape index (κ2) is 7.78. The van der Waals surface area contributed by atoms with Gasteiger partial charge in [-0.05, 0) is 35.7 Å². The van der Waals surface area contributed by atoms with Crippen LogP contribution in [0.3, 0.4) is 0 Å². The van der Waals surface area contributed by atoms with Crippen molar-refractivity contribution < 1.29 is 14.3 Å². The highest BCUT2D eigenvalue weighted by Crippen LogP contribution is 2.20. The van der Waals surface area contributed by atoms with E-state index < -0.39 is 6.04 Å².